The molecule has 9 heteroatoms. The lowest BCUT2D eigenvalue weighted by Crippen LogP contribution is -2.48. The lowest BCUT2D eigenvalue weighted by molar-refractivity contribution is 0.180. The first kappa shape index (κ1) is 19.0. The summed E-state index contributed by atoms with van der Waals surface area (Å²) in [5.74, 6) is 0. The molecule has 142 valence electrons. The van der Waals surface area contributed by atoms with Crippen LogP contribution in [0, 0.1) is 0 Å². The number of thiazole rings is 1. The van der Waals surface area contributed by atoms with Crippen LogP contribution in [0.1, 0.15) is 5.69 Å². The fourth-order valence-corrected chi connectivity index (χ4v) is 6.49. The number of benzene rings is 1. The highest BCUT2D eigenvalue weighted by molar-refractivity contribution is 7.89. The second-order valence-corrected chi connectivity index (χ2v) is 10.2. The first-order valence-corrected chi connectivity index (χ1v) is 12.1. The first-order valence-electron chi connectivity index (χ1n) is 8.48. The van der Waals surface area contributed by atoms with E-state index in [0.29, 0.717) is 26.2 Å². The van der Waals surface area contributed by atoms with Crippen LogP contribution in [0.15, 0.2) is 51.4 Å². The summed E-state index contributed by atoms with van der Waals surface area (Å²) in [7, 11) is -3.55. The Morgan fingerprint density at radius 3 is 2.56 bits per heavy atom. The van der Waals surface area contributed by atoms with Crippen molar-refractivity contribution in [2.75, 3.05) is 26.2 Å². The summed E-state index contributed by atoms with van der Waals surface area (Å²) >= 11 is 9.40. The summed E-state index contributed by atoms with van der Waals surface area (Å²) in [5.41, 5.74) is 2.19. The second-order valence-electron chi connectivity index (χ2n) is 6.27. The molecule has 0 unspecified atom stereocenters. The highest BCUT2D eigenvalue weighted by Gasteiger charge is 2.30. The van der Waals surface area contributed by atoms with E-state index < -0.39 is 10.0 Å². The Morgan fingerprint density at radius 1 is 1.07 bits per heavy atom. The molecule has 0 spiro atoms. The molecule has 0 radical (unpaired) electrons. The van der Waals surface area contributed by atoms with Gasteiger partial charge in [0.2, 0.25) is 10.0 Å². The summed E-state index contributed by atoms with van der Waals surface area (Å²) in [6.45, 7) is 2.99. The van der Waals surface area contributed by atoms with Crippen LogP contribution in [0.25, 0.3) is 10.6 Å². The van der Waals surface area contributed by atoms with Crippen LogP contribution >= 0.6 is 34.3 Å². The van der Waals surface area contributed by atoms with Crippen molar-refractivity contribution in [2.45, 2.75) is 11.4 Å². The van der Waals surface area contributed by atoms with Crippen LogP contribution < -0.4 is 0 Å². The molecule has 4 rings (SSSR count). The van der Waals surface area contributed by atoms with Gasteiger partial charge in [-0.2, -0.15) is 15.6 Å². The van der Waals surface area contributed by atoms with E-state index in [1.54, 1.807) is 46.9 Å². The van der Waals surface area contributed by atoms with Crippen LogP contribution in [0.3, 0.4) is 0 Å². The van der Waals surface area contributed by atoms with Crippen molar-refractivity contribution in [3.63, 3.8) is 0 Å². The van der Waals surface area contributed by atoms with E-state index in [1.165, 1.54) is 4.31 Å². The lowest BCUT2D eigenvalue weighted by atomic mass is 10.3. The third-order valence-electron chi connectivity index (χ3n) is 4.49. The number of aromatic nitrogens is 1. The molecule has 0 N–H and O–H groups in total. The number of halogens is 1. The maximum Gasteiger partial charge on any atom is 0.244 e. The van der Waals surface area contributed by atoms with Crippen molar-refractivity contribution in [1.82, 2.24) is 14.2 Å². The molecule has 0 saturated carbocycles. The fourth-order valence-electron chi connectivity index (χ4n) is 3.05. The predicted molar refractivity (Wildman–Crippen MR) is 111 cm³/mol. The van der Waals surface area contributed by atoms with Crippen LogP contribution in [0.2, 0.25) is 5.02 Å². The Kier molecular flexibility index (Phi) is 5.63. The third-order valence-corrected chi connectivity index (χ3v) is 8.51. The minimum atomic E-state index is -3.55. The molecular formula is C18H18ClN3O2S3. The lowest BCUT2D eigenvalue weighted by Gasteiger charge is -2.33. The SMILES string of the molecule is O=S(=O)(c1ccccc1Cl)N1CCN(Cc2csc(-c3ccsc3)n2)CC1. The largest absolute Gasteiger partial charge is 0.295 e. The zero-order valence-electron chi connectivity index (χ0n) is 14.4. The van der Waals surface area contributed by atoms with Crippen molar-refractivity contribution in [3.8, 4) is 10.6 Å². The molecule has 1 aliphatic rings. The molecule has 3 heterocycles. The van der Waals surface area contributed by atoms with Gasteiger partial charge in [0.15, 0.2) is 0 Å². The van der Waals surface area contributed by atoms with Gasteiger partial charge in [-0.15, -0.1) is 11.3 Å². The van der Waals surface area contributed by atoms with Crippen LogP contribution in [-0.4, -0.2) is 48.8 Å². The maximum atomic E-state index is 12.8. The molecule has 0 atom stereocenters. The van der Waals surface area contributed by atoms with E-state index in [4.69, 9.17) is 16.6 Å². The molecule has 1 fully saturated rings. The molecule has 3 aromatic rings. The van der Waals surface area contributed by atoms with Crippen LogP contribution in [0.4, 0.5) is 0 Å². The van der Waals surface area contributed by atoms with Gasteiger partial charge in [-0.25, -0.2) is 13.4 Å². The summed E-state index contributed by atoms with van der Waals surface area (Å²) < 4.78 is 27.2. The van der Waals surface area contributed by atoms with E-state index in [2.05, 4.69) is 27.1 Å². The monoisotopic (exact) mass is 439 g/mol. The van der Waals surface area contributed by atoms with Gasteiger partial charge < -0.3 is 0 Å². The van der Waals surface area contributed by atoms with Gasteiger partial charge in [-0.1, -0.05) is 23.7 Å². The molecular weight excluding hydrogens is 422 g/mol. The average molecular weight is 440 g/mol. The number of hydrogen-bond donors (Lipinski definition) is 0. The number of sulfonamides is 1. The predicted octanol–water partition coefficient (Wildman–Crippen LogP) is 4.03. The second kappa shape index (κ2) is 7.98. The molecule has 0 amide bonds. The molecule has 5 nitrogen and oxygen atoms in total. The maximum absolute atomic E-state index is 12.8. The highest BCUT2D eigenvalue weighted by atomic mass is 35.5. The Morgan fingerprint density at radius 2 is 1.85 bits per heavy atom. The number of thiophene rings is 1. The zero-order valence-corrected chi connectivity index (χ0v) is 17.6. The standard InChI is InChI=1S/C18H18ClN3O2S3/c19-16-3-1-2-4-17(16)27(23,24)22-8-6-21(7-9-22)11-15-13-26-18(20-15)14-5-10-25-12-14/h1-5,10,12-13H,6-9,11H2. The number of piperazine rings is 1. The molecule has 1 saturated heterocycles. The Hall–Kier alpha value is -1.29. The fraction of sp³-hybridized carbons (Fsp3) is 0.278. The minimum Gasteiger partial charge on any atom is -0.295 e. The third kappa shape index (κ3) is 4.11. The van der Waals surface area contributed by atoms with Gasteiger partial charge in [-0.3, -0.25) is 4.90 Å². The molecule has 0 aliphatic carbocycles. The summed E-state index contributed by atoms with van der Waals surface area (Å²) in [6.07, 6.45) is 0. The average Bonchev–Trinajstić information content (AvgIpc) is 3.34. The Bertz CT molecular complexity index is 1010. The molecule has 0 bridgehead atoms. The summed E-state index contributed by atoms with van der Waals surface area (Å²) in [5, 5.41) is 7.53. The quantitative estimate of drug-likeness (QED) is 0.602. The van der Waals surface area contributed by atoms with E-state index in [-0.39, 0.29) is 9.92 Å². The van der Waals surface area contributed by atoms with Gasteiger partial charge in [0.05, 0.1) is 10.7 Å². The van der Waals surface area contributed by atoms with Crippen LogP contribution in [0.5, 0.6) is 0 Å². The molecule has 27 heavy (non-hydrogen) atoms. The number of nitrogens with zero attached hydrogens (tertiary/aromatic N) is 3. The van der Waals surface area contributed by atoms with E-state index >= 15 is 0 Å². The van der Waals surface area contributed by atoms with E-state index in [0.717, 1.165) is 22.8 Å². The minimum absolute atomic E-state index is 0.181. The van der Waals surface area contributed by atoms with Crippen molar-refractivity contribution < 1.29 is 8.42 Å². The summed E-state index contributed by atoms with van der Waals surface area (Å²) in [6, 6.07) is 8.68. The van der Waals surface area contributed by atoms with Gasteiger partial charge in [0, 0.05) is 49.0 Å². The first-order chi connectivity index (χ1) is 13.0. The zero-order chi connectivity index (χ0) is 18.9. The van der Waals surface area contributed by atoms with Gasteiger partial charge in [0.25, 0.3) is 0 Å². The van der Waals surface area contributed by atoms with Crippen molar-refractivity contribution in [2.24, 2.45) is 0 Å². The van der Waals surface area contributed by atoms with E-state index in [1.807, 2.05) is 0 Å². The van der Waals surface area contributed by atoms with Gasteiger partial charge >= 0.3 is 0 Å². The van der Waals surface area contributed by atoms with Crippen molar-refractivity contribution in [3.05, 3.63) is 57.2 Å². The normalized spacial score (nSPS) is 16.6. The molecule has 2 aromatic heterocycles. The Labute approximate surface area is 171 Å². The molecule has 1 aliphatic heterocycles. The number of hydrogen-bond acceptors (Lipinski definition) is 6. The summed E-state index contributed by atoms with van der Waals surface area (Å²) in [4.78, 5) is 7.13. The van der Waals surface area contributed by atoms with Gasteiger partial charge in [-0.05, 0) is 23.6 Å². The molecule has 1 aromatic carbocycles. The number of rotatable bonds is 5. The highest BCUT2D eigenvalue weighted by Crippen LogP contribution is 2.27. The van der Waals surface area contributed by atoms with E-state index in [9.17, 15) is 8.42 Å². The van der Waals surface area contributed by atoms with Crippen molar-refractivity contribution >= 4 is 44.3 Å². The topological polar surface area (TPSA) is 53.5 Å². The van der Waals surface area contributed by atoms with Gasteiger partial charge in [0.1, 0.15) is 9.90 Å². The smallest absolute Gasteiger partial charge is 0.244 e. The van der Waals surface area contributed by atoms with Crippen LogP contribution in [-0.2, 0) is 16.6 Å². The van der Waals surface area contributed by atoms with Crippen molar-refractivity contribution in [1.29, 1.82) is 0 Å². The Balaban J connectivity index is 1.39.